The number of ether oxygens (including phenoxy) is 1. The minimum absolute atomic E-state index is 0.0165. The van der Waals surface area contributed by atoms with Crippen molar-refractivity contribution in [2.75, 3.05) is 18.2 Å². The number of carbonyl (C=O) groups is 1. The molecule has 106 valence electrons. The molecule has 1 aromatic heterocycles. The Balaban J connectivity index is 2.17. The fourth-order valence-corrected chi connectivity index (χ4v) is 2.61. The number of hydrogen-bond acceptors (Lipinski definition) is 6. The van der Waals surface area contributed by atoms with Gasteiger partial charge in [0.15, 0.2) is 10.9 Å². The first-order valence-electron chi connectivity index (χ1n) is 6.23. The van der Waals surface area contributed by atoms with E-state index in [1.807, 2.05) is 38.1 Å². The Morgan fingerprint density at radius 3 is 2.55 bits per heavy atom. The van der Waals surface area contributed by atoms with Gasteiger partial charge in [0.25, 0.3) is 0 Å². The van der Waals surface area contributed by atoms with Gasteiger partial charge in [-0.1, -0.05) is 25.2 Å². The molecule has 0 saturated heterocycles. The van der Waals surface area contributed by atoms with Crippen molar-refractivity contribution >= 4 is 33.8 Å². The number of hydrogen-bond donors (Lipinski definition) is 2. The van der Waals surface area contributed by atoms with Gasteiger partial charge in [-0.15, -0.1) is 0 Å². The largest absolute Gasteiger partial charge is 0.497 e. The second-order valence-corrected chi connectivity index (χ2v) is 5.60. The lowest BCUT2D eigenvalue weighted by atomic mass is 10.1. The zero-order valence-electron chi connectivity index (χ0n) is 11.6. The van der Waals surface area contributed by atoms with E-state index in [1.54, 1.807) is 7.11 Å². The van der Waals surface area contributed by atoms with Gasteiger partial charge in [-0.3, -0.25) is 4.79 Å². The van der Waals surface area contributed by atoms with Crippen LogP contribution in [0.5, 0.6) is 5.75 Å². The fraction of sp³-hybridized carbons (Fsp3) is 0.286. The molecule has 0 aliphatic carbocycles. The van der Waals surface area contributed by atoms with Crippen molar-refractivity contribution in [3.8, 4) is 5.75 Å². The standard InChI is InChI=1S/C14H17N3O2S/c1-8(2)11(18)12-13(15)17-14(20-12)16-9-4-6-10(19-3)7-5-9/h4-8H,15H2,1-3H3,(H,16,17). The molecule has 0 aliphatic heterocycles. The highest BCUT2D eigenvalue weighted by Crippen LogP contribution is 2.30. The van der Waals surface area contributed by atoms with E-state index >= 15 is 0 Å². The highest BCUT2D eigenvalue weighted by Gasteiger charge is 2.18. The molecule has 2 rings (SSSR count). The van der Waals surface area contributed by atoms with Crippen LogP contribution in [-0.2, 0) is 0 Å². The summed E-state index contributed by atoms with van der Waals surface area (Å²) in [6.07, 6.45) is 0. The molecule has 0 atom stereocenters. The van der Waals surface area contributed by atoms with E-state index in [9.17, 15) is 4.79 Å². The number of aromatic nitrogens is 1. The van der Waals surface area contributed by atoms with Gasteiger partial charge in [-0.2, -0.15) is 0 Å². The maximum atomic E-state index is 12.0. The number of nitrogens with two attached hydrogens (primary N) is 1. The Bertz CT molecular complexity index is 605. The predicted octanol–water partition coefficient (Wildman–Crippen LogP) is 3.32. The van der Waals surface area contributed by atoms with Gasteiger partial charge in [0, 0.05) is 11.6 Å². The Morgan fingerprint density at radius 2 is 2.00 bits per heavy atom. The second-order valence-electron chi connectivity index (χ2n) is 4.61. The van der Waals surface area contributed by atoms with Gasteiger partial charge in [0.2, 0.25) is 0 Å². The van der Waals surface area contributed by atoms with Crippen molar-refractivity contribution < 1.29 is 9.53 Å². The van der Waals surface area contributed by atoms with Crippen molar-refractivity contribution in [2.45, 2.75) is 13.8 Å². The van der Waals surface area contributed by atoms with Crippen LogP contribution in [0.1, 0.15) is 23.5 Å². The van der Waals surface area contributed by atoms with Gasteiger partial charge in [0.1, 0.15) is 16.4 Å². The van der Waals surface area contributed by atoms with E-state index in [1.165, 1.54) is 11.3 Å². The van der Waals surface area contributed by atoms with E-state index in [0.29, 0.717) is 10.0 Å². The maximum Gasteiger partial charge on any atom is 0.189 e. The minimum Gasteiger partial charge on any atom is -0.497 e. The molecule has 6 heteroatoms. The van der Waals surface area contributed by atoms with Crippen LogP contribution >= 0.6 is 11.3 Å². The Kier molecular flexibility index (Phi) is 4.24. The number of ketones is 1. The third kappa shape index (κ3) is 3.08. The highest BCUT2D eigenvalue weighted by atomic mass is 32.1. The van der Waals surface area contributed by atoms with Gasteiger partial charge < -0.3 is 15.8 Å². The van der Waals surface area contributed by atoms with E-state index in [0.717, 1.165) is 11.4 Å². The van der Waals surface area contributed by atoms with Crippen molar-refractivity contribution in [3.05, 3.63) is 29.1 Å². The maximum absolute atomic E-state index is 12.0. The molecule has 0 radical (unpaired) electrons. The molecule has 5 nitrogen and oxygen atoms in total. The molecule has 1 aromatic carbocycles. The number of methoxy groups -OCH3 is 1. The third-order valence-electron chi connectivity index (χ3n) is 2.74. The summed E-state index contributed by atoms with van der Waals surface area (Å²) >= 11 is 1.27. The molecular formula is C14H17N3O2S. The summed E-state index contributed by atoms with van der Waals surface area (Å²) in [6, 6.07) is 7.44. The average molecular weight is 291 g/mol. The number of carbonyl (C=O) groups excluding carboxylic acids is 1. The molecule has 0 unspecified atom stereocenters. The van der Waals surface area contributed by atoms with E-state index in [-0.39, 0.29) is 17.5 Å². The van der Waals surface area contributed by atoms with Crippen molar-refractivity contribution in [1.82, 2.24) is 4.98 Å². The molecule has 0 saturated carbocycles. The smallest absolute Gasteiger partial charge is 0.189 e. The number of anilines is 3. The summed E-state index contributed by atoms with van der Waals surface area (Å²) in [6.45, 7) is 3.69. The molecule has 0 bridgehead atoms. The lowest BCUT2D eigenvalue weighted by molar-refractivity contribution is 0.0944. The van der Waals surface area contributed by atoms with Crippen molar-refractivity contribution in [2.24, 2.45) is 5.92 Å². The molecule has 0 spiro atoms. The highest BCUT2D eigenvalue weighted by molar-refractivity contribution is 7.18. The molecule has 0 fully saturated rings. The number of nitrogen functional groups attached to an aromatic ring is 1. The lowest BCUT2D eigenvalue weighted by Gasteiger charge is -2.03. The number of Topliss-reactive ketones (excluding diaryl/α,β-unsaturated/α-hetero) is 1. The summed E-state index contributed by atoms with van der Waals surface area (Å²) in [5, 5.41) is 3.74. The summed E-state index contributed by atoms with van der Waals surface area (Å²) in [5.74, 6) is 0.990. The number of nitrogens with one attached hydrogen (secondary N) is 1. The Labute approximate surface area is 121 Å². The SMILES string of the molecule is COc1ccc(Nc2nc(N)c(C(=O)C(C)C)s2)cc1. The molecule has 3 N–H and O–H groups in total. The molecule has 0 aliphatic rings. The third-order valence-corrected chi connectivity index (χ3v) is 3.74. The summed E-state index contributed by atoms with van der Waals surface area (Å²) < 4.78 is 5.09. The van der Waals surface area contributed by atoms with Crippen LogP contribution < -0.4 is 15.8 Å². The van der Waals surface area contributed by atoms with E-state index in [4.69, 9.17) is 10.5 Å². The van der Waals surface area contributed by atoms with Gasteiger partial charge >= 0.3 is 0 Å². The first kappa shape index (κ1) is 14.3. The zero-order chi connectivity index (χ0) is 14.7. The molecule has 20 heavy (non-hydrogen) atoms. The summed E-state index contributed by atoms with van der Waals surface area (Å²) in [4.78, 5) is 16.7. The molecule has 1 heterocycles. The number of thiazole rings is 1. The van der Waals surface area contributed by atoms with Crippen LogP contribution in [0.25, 0.3) is 0 Å². The minimum atomic E-state index is -0.0911. The molecular weight excluding hydrogens is 274 g/mol. The average Bonchev–Trinajstić information content (AvgIpc) is 2.79. The topological polar surface area (TPSA) is 77.2 Å². The number of nitrogens with zero attached hydrogens (tertiary/aromatic N) is 1. The molecule has 2 aromatic rings. The second kappa shape index (κ2) is 5.92. The zero-order valence-corrected chi connectivity index (χ0v) is 12.5. The van der Waals surface area contributed by atoms with Gasteiger partial charge in [-0.05, 0) is 24.3 Å². The Hall–Kier alpha value is -2.08. The monoisotopic (exact) mass is 291 g/mol. The first-order valence-corrected chi connectivity index (χ1v) is 7.04. The summed E-state index contributed by atoms with van der Waals surface area (Å²) in [5.41, 5.74) is 6.66. The van der Waals surface area contributed by atoms with Crippen LogP contribution in [0, 0.1) is 5.92 Å². The first-order chi connectivity index (χ1) is 9.51. The van der Waals surface area contributed by atoms with Crippen LogP contribution in [0.4, 0.5) is 16.6 Å². The Morgan fingerprint density at radius 1 is 1.35 bits per heavy atom. The molecule has 0 amide bonds. The van der Waals surface area contributed by atoms with Crippen molar-refractivity contribution in [1.29, 1.82) is 0 Å². The summed E-state index contributed by atoms with van der Waals surface area (Å²) in [7, 11) is 1.62. The van der Waals surface area contributed by atoms with Crippen LogP contribution in [0.15, 0.2) is 24.3 Å². The predicted molar refractivity (Wildman–Crippen MR) is 82.0 cm³/mol. The van der Waals surface area contributed by atoms with Crippen LogP contribution in [0.2, 0.25) is 0 Å². The van der Waals surface area contributed by atoms with Gasteiger partial charge in [-0.25, -0.2) is 4.98 Å². The fourth-order valence-electron chi connectivity index (χ4n) is 1.62. The number of rotatable bonds is 5. The van der Waals surface area contributed by atoms with E-state index in [2.05, 4.69) is 10.3 Å². The van der Waals surface area contributed by atoms with Crippen molar-refractivity contribution in [3.63, 3.8) is 0 Å². The quantitative estimate of drug-likeness (QED) is 0.826. The van der Waals surface area contributed by atoms with Crippen LogP contribution in [-0.4, -0.2) is 17.9 Å². The normalized spacial score (nSPS) is 10.6. The lowest BCUT2D eigenvalue weighted by Crippen LogP contribution is -2.07. The van der Waals surface area contributed by atoms with Crippen LogP contribution in [0.3, 0.4) is 0 Å². The van der Waals surface area contributed by atoms with Gasteiger partial charge in [0.05, 0.1) is 7.11 Å². The van der Waals surface area contributed by atoms with E-state index < -0.39 is 0 Å². The number of benzene rings is 1.